The number of piperazine rings is 1. The lowest BCUT2D eigenvalue weighted by Gasteiger charge is -2.35. The zero-order chi connectivity index (χ0) is 20.4. The SMILES string of the molecule is Cc1nc(C(=O)N2CCN(c3cc(N(C)C)cnn3)CC2)cc(-n2cccn2)n1. The Bertz CT molecular complexity index is 995. The minimum absolute atomic E-state index is 0.100. The molecule has 0 radical (unpaired) electrons. The molecule has 1 fully saturated rings. The van der Waals surface area contributed by atoms with Gasteiger partial charge in [0.15, 0.2) is 11.6 Å². The zero-order valence-electron chi connectivity index (χ0n) is 16.7. The lowest BCUT2D eigenvalue weighted by atomic mass is 10.2. The van der Waals surface area contributed by atoms with Gasteiger partial charge in [-0.25, -0.2) is 14.6 Å². The summed E-state index contributed by atoms with van der Waals surface area (Å²) in [6.45, 7) is 4.33. The average Bonchev–Trinajstić information content (AvgIpc) is 3.28. The number of amides is 1. The second kappa shape index (κ2) is 7.82. The summed E-state index contributed by atoms with van der Waals surface area (Å²) in [6.07, 6.45) is 5.20. The molecule has 10 heteroatoms. The van der Waals surface area contributed by atoms with Gasteiger partial charge in [-0.1, -0.05) is 0 Å². The maximum atomic E-state index is 13.0. The van der Waals surface area contributed by atoms with Gasteiger partial charge in [0.25, 0.3) is 5.91 Å². The van der Waals surface area contributed by atoms with Crippen molar-refractivity contribution in [3.63, 3.8) is 0 Å². The summed E-state index contributed by atoms with van der Waals surface area (Å²) in [6, 6.07) is 5.50. The number of hydrogen-bond acceptors (Lipinski definition) is 8. The fourth-order valence-electron chi connectivity index (χ4n) is 3.23. The highest BCUT2D eigenvalue weighted by Crippen LogP contribution is 2.19. The topological polar surface area (TPSA) is 96.2 Å². The molecule has 29 heavy (non-hydrogen) atoms. The van der Waals surface area contributed by atoms with Crippen molar-refractivity contribution in [1.82, 2.24) is 34.8 Å². The molecule has 0 N–H and O–H groups in total. The molecule has 1 saturated heterocycles. The molecule has 0 saturated carbocycles. The Hall–Kier alpha value is -3.56. The van der Waals surface area contributed by atoms with Gasteiger partial charge >= 0.3 is 0 Å². The van der Waals surface area contributed by atoms with Gasteiger partial charge in [-0.15, -0.1) is 5.10 Å². The number of rotatable bonds is 4. The summed E-state index contributed by atoms with van der Waals surface area (Å²) >= 11 is 0. The van der Waals surface area contributed by atoms with Crippen molar-refractivity contribution in [2.24, 2.45) is 0 Å². The maximum absolute atomic E-state index is 13.0. The van der Waals surface area contributed by atoms with Gasteiger partial charge in [0.05, 0.1) is 11.9 Å². The van der Waals surface area contributed by atoms with Crippen LogP contribution in [-0.4, -0.2) is 81.0 Å². The van der Waals surface area contributed by atoms with Gasteiger partial charge in [-0.3, -0.25) is 4.79 Å². The number of nitrogens with zero attached hydrogens (tertiary/aromatic N) is 9. The molecule has 1 aliphatic rings. The maximum Gasteiger partial charge on any atom is 0.272 e. The third kappa shape index (κ3) is 4.00. The predicted octanol–water partition coefficient (Wildman–Crippen LogP) is 0.789. The summed E-state index contributed by atoms with van der Waals surface area (Å²) in [5, 5.41) is 12.5. The molecule has 1 amide bonds. The fraction of sp³-hybridized carbons (Fsp3) is 0.368. The van der Waals surface area contributed by atoms with Crippen LogP contribution in [0.5, 0.6) is 0 Å². The van der Waals surface area contributed by atoms with Crippen LogP contribution in [0.2, 0.25) is 0 Å². The van der Waals surface area contributed by atoms with Crippen LogP contribution in [-0.2, 0) is 0 Å². The predicted molar refractivity (Wildman–Crippen MR) is 108 cm³/mol. The normalized spacial score (nSPS) is 14.2. The van der Waals surface area contributed by atoms with Crippen LogP contribution in [0.3, 0.4) is 0 Å². The number of aryl methyl sites for hydroxylation is 1. The molecule has 4 heterocycles. The average molecular weight is 393 g/mol. The standard InChI is InChI=1S/C19H23N9O/c1-14-22-16(12-17(23-14)28-6-4-5-21-28)19(29)27-9-7-26(8-10-27)18-11-15(25(2)3)13-20-24-18/h4-6,11-13H,7-10H2,1-3H3. The lowest BCUT2D eigenvalue weighted by molar-refractivity contribution is 0.0740. The summed E-state index contributed by atoms with van der Waals surface area (Å²) in [4.78, 5) is 27.7. The molecule has 1 aliphatic heterocycles. The Kier molecular flexibility index (Phi) is 5.07. The highest BCUT2D eigenvalue weighted by molar-refractivity contribution is 5.92. The van der Waals surface area contributed by atoms with E-state index in [4.69, 9.17) is 0 Å². The largest absolute Gasteiger partial charge is 0.376 e. The molecule has 0 spiro atoms. The van der Waals surface area contributed by atoms with Crippen molar-refractivity contribution in [3.8, 4) is 5.82 Å². The second-order valence-electron chi connectivity index (χ2n) is 7.05. The van der Waals surface area contributed by atoms with Crippen molar-refractivity contribution in [2.75, 3.05) is 50.1 Å². The molecular weight excluding hydrogens is 370 g/mol. The molecule has 0 aliphatic carbocycles. The highest BCUT2D eigenvalue weighted by Gasteiger charge is 2.25. The molecular formula is C19H23N9O. The van der Waals surface area contributed by atoms with Crippen LogP contribution in [0.15, 0.2) is 36.8 Å². The van der Waals surface area contributed by atoms with Crippen LogP contribution in [0.25, 0.3) is 5.82 Å². The Morgan fingerprint density at radius 3 is 2.55 bits per heavy atom. The molecule has 0 bridgehead atoms. The monoisotopic (exact) mass is 393 g/mol. The number of aromatic nitrogens is 6. The van der Waals surface area contributed by atoms with E-state index in [1.54, 1.807) is 36.3 Å². The molecule has 3 aromatic rings. The summed E-state index contributed by atoms with van der Waals surface area (Å²) in [5.74, 6) is 1.84. The molecule has 4 rings (SSSR count). The number of carbonyl (C=O) groups is 1. The van der Waals surface area contributed by atoms with Crippen molar-refractivity contribution in [2.45, 2.75) is 6.92 Å². The lowest BCUT2D eigenvalue weighted by Crippen LogP contribution is -2.49. The quantitative estimate of drug-likeness (QED) is 0.642. The van der Waals surface area contributed by atoms with E-state index < -0.39 is 0 Å². The highest BCUT2D eigenvalue weighted by atomic mass is 16.2. The third-order valence-electron chi connectivity index (χ3n) is 4.82. The Labute approximate surface area is 168 Å². The van der Waals surface area contributed by atoms with Crippen LogP contribution in [0.1, 0.15) is 16.3 Å². The zero-order valence-corrected chi connectivity index (χ0v) is 16.7. The van der Waals surface area contributed by atoms with Crippen molar-refractivity contribution in [3.05, 3.63) is 48.3 Å². The minimum Gasteiger partial charge on any atom is -0.376 e. The first-order chi connectivity index (χ1) is 14.0. The van der Waals surface area contributed by atoms with Crippen LogP contribution in [0.4, 0.5) is 11.5 Å². The Morgan fingerprint density at radius 2 is 1.86 bits per heavy atom. The van der Waals surface area contributed by atoms with Crippen LogP contribution >= 0.6 is 0 Å². The first-order valence-corrected chi connectivity index (χ1v) is 9.41. The van der Waals surface area contributed by atoms with Crippen molar-refractivity contribution in [1.29, 1.82) is 0 Å². The molecule has 10 nitrogen and oxygen atoms in total. The Balaban J connectivity index is 1.46. The van der Waals surface area contributed by atoms with E-state index in [1.807, 2.05) is 36.0 Å². The first-order valence-electron chi connectivity index (χ1n) is 9.41. The third-order valence-corrected chi connectivity index (χ3v) is 4.82. The molecule has 0 aromatic carbocycles. The van der Waals surface area contributed by atoms with Gasteiger partial charge < -0.3 is 14.7 Å². The van der Waals surface area contributed by atoms with Crippen molar-refractivity contribution < 1.29 is 4.79 Å². The van der Waals surface area contributed by atoms with E-state index in [-0.39, 0.29) is 5.91 Å². The molecule has 0 atom stereocenters. The van der Waals surface area contributed by atoms with Crippen LogP contribution < -0.4 is 9.80 Å². The van der Waals surface area contributed by atoms with E-state index in [2.05, 4.69) is 30.2 Å². The minimum atomic E-state index is -0.100. The smallest absolute Gasteiger partial charge is 0.272 e. The van der Waals surface area contributed by atoms with E-state index in [0.717, 1.165) is 11.5 Å². The second-order valence-corrected chi connectivity index (χ2v) is 7.05. The van der Waals surface area contributed by atoms with E-state index >= 15 is 0 Å². The summed E-state index contributed by atoms with van der Waals surface area (Å²) in [7, 11) is 3.94. The molecule has 3 aromatic heterocycles. The van der Waals surface area contributed by atoms with Gasteiger partial charge in [0.1, 0.15) is 11.5 Å². The van der Waals surface area contributed by atoms with Gasteiger partial charge in [0.2, 0.25) is 0 Å². The first kappa shape index (κ1) is 18.8. The molecule has 150 valence electrons. The van der Waals surface area contributed by atoms with E-state index in [0.29, 0.717) is 43.5 Å². The number of carbonyl (C=O) groups excluding carboxylic acids is 1. The number of hydrogen-bond donors (Lipinski definition) is 0. The van der Waals surface area contributed by atoms with Gasteiger partial charge in [-0.05, 0) is 13.0 Å². The van der Waals surface area contributed by atoms with Crippen molar-refractivity contribution >= 4 is 17.4 Å². The molecule has 0 unspecified atom stereocenters. The van der Waals surface area contributed by atoms with Crippen LogP contribution in [0, 0.1) is 6.92 Å². The number of anilines is 2. The Morgan fingerprint density at radius 1 is 1.07 bits per heavy atom. The van der Waals surface area contributed by atoms with Gasteiger partial charge in [-0.2, -0.15) is 10.2 Å². The summed E-state index contributed by atoms with van der Waals surface area (Å²) < 4.78 is 1.62. The summed E-state index contributed by atoms with van der Waals surface area (Å²) in [5.41, 5.74) is 1.38. The fourth-order valence-corrected chi connectivity index (χ4v) is 3.23. The van der Waals surface area contributed by atoms with E-state index in [9.17, 15) is 4.79 Å². The van der Waals surface area contributed by atoms with E-state index in [1.165, 1.54) is 0 Å². The van der Waals surface area contributed by atoms with Gasteiger partial charge in [0, 0.05) is 64.8 Å².